The van der Waals surface area contributed by atoms with Crippen LogP contribution in [0.15, 0.2) is 42.7 Å². The maximum atomic E-state index is 4.58. The van der Waals surface area contributed by atoms with Crippen LogP contribution in [0.5, 0.6) is 0 Å². The predicted octanol–water partition coefficient (Wildman–Crippen LogP) is 3.23. The van der Waals surface area contributed by atoms with Gasteiger partial charge < -0.3 is 4.98 Å². The molecule has 0 fully saturated rings. The standard InChI is InChI=1S/C13H8N4S/c1-2-4-11-9(3-1)17-13(18-11)12-15-8-5-6-14-7-10(8)16-12/h1-7H,(H,15,16). The summed E-state index contributed by atoms with van der Waals surface area (Å²) in [4.78, 5) is 16.4. The summed E-state index contributed by atoms with van der Waals surface area (Å²) >= 11 is 1.64. The fraction of sp³-hybridized carbons (Fsp3) is 0. The van der Waals surface area contributed by atoms with Gasteiger partial charge in [0.15, 0.2) is 10.8 Å². The Balaban J connectivity index is 1.95. The third-order valence-electron chi connectivity index (χ3n) is 2.78. The summed E-state index contributed by atoms with van der Waals surface area (Å²) in [6.45, 7) is 0. The lowest BCUT2D eigenvalue weighted by atomic mass is 10.3. The summed E-state index contributed by atoms with van der Waals surface area (Å²) in [5.41, 5.74) is 2.86. The summed E-state index contributed by atoms with van der Waals surface area (Å²) < 4.78 is 1.17. The number of fused-ring (bicyclic) bond motifs is 2. The second-order valence-electron chi connectivity index (χ2n) is 3.96. The minimum absolute atomic E-state index is 0.805. The van der Waals surface area contributed by atoms with E-state index in [1.54, 1.807) is 23.7 Å². The largest absolute Gasteiger partial charge is 0.335 e. The van der Waals surface area contributed by atoms with E-state index in [1.807, 2.05) is 24.3 Å². The lowest BCUT2D eigenvalue weighted by molar-refractivity contribution is 1.30. The fourth-order valence-corrected chi connectivity index (χ4v) is 2.84. The first kappa shape index (κ1) is 9.73. The van der Waals surface area contributed by atoms with E-state index in [4.69, 9.17) is 0 Å². The fourth-order valence-electron chi connectivity index (χ4n) is 1.93. The van der Waals surface area contributed by atoms with Crippen molar-refractivity contribution in [3.05, 3.63) is 42.7 Å². The topological polar surface area (TPSA) is 54.5 Å². The van der Waals surface area contributed by atoms with Crippen LogP contribution >= 0.6 is 11.3 Å². The first-order valence-electron chi connectivity index (χ1n) is 5.56. The van der Waals surface area contributed by atoms with Gasteiger partial charge in [-0.25, -0.2) is 9.97 Å². The molecular formula is C13H8N4S. The molecule has 0 unspecified atom stereocenters. The summed E-state index contributed by atoms with van der Waals surface area (Å²) in [5.74, 6) is 0.805. The average Bonchev–Trinajstić information content (AvgIpc) is 3.02. The van der Waals surface area contributed by atoms with Gasteiger partial charge in [-0.3, -0.25) is 4.98 Å². The van der Waals surface area contributed by atoms with E-state index in [1.165, 1.54) is 4.70 Å². The number of hydrogen-bond acceptors (Lipinski definition) is 4. The molecule has 1 N–H and O–H groups in total. The van der Waals surface area contributed by atoms with Gasteiger partial charge >= 0.3 is 0 Å². The minimum atomic E-state index is 0.805. The highest BCUT2D eigenvalue weighted by atomic mass is 32.1. The lowest BCUT2D eigenvalue weighted by Gasteiger charge is -1.85. The number of nitrogens with one attached hydrogen (secondary N) is 1. The molecule has 4 aromatic rings. The summed E-state index contributed by atoms with van der Waals surface area (Å²) in [7, 11) is 0. The molecule has 0 bridgehead atoms. The van der Waals surface area contributed by atoms with Crippen molar-refractivity contribution in [1.29, 1.82) is 0 Å². The van der Waals surface area contributed by atoms with Crippen molar-refractivity contribution in [2.45, 2.75) is 0 Å². The van der Waals surface area contributed by atoms with Gasteiger partial charge in [0.1, 0.15) is 0 Å². The molecule has 3 heterocycles. The van der Waals surface area contributed by atoms with Crippen LogP contribution in [-0.2, 0) is 0 Å². The maximum absolute atomic E-state index is 4.58. The first-order valence-corrected chi connectivity index (χ1v) is 6.37. The van der Waals surface area contributed by atoms with Gasteiger partial charge in [-0.05, 0) is 18.2 Å². The van der Waals surface area contributed by atoms with Crippen molar-refractivity contribution < 1.29 is 0 Å². The zero-order chi connectivity index (χ0) is 11.9. The van der Waals surface area contributed by atoms with E-state index in [2.05, 4.69) is 26.0 Å². The summed E-state index contributed by atoms with van der Waals surface area (Å²) in [6.07, 6.45) is 3.52. The van der Waals surface area contributed by atoms with Crippen LogP contribution in [0.25, 0.3) is 32.1 Å². The smallest absolute Gasteiger partial charge is 0.167 e. The molecule has 5 heteroatoms. The molecule has 86 valence electrons. The number of pyridine rings is 1. The zero-order valence-electron chi connectivity index (χ0n) is 9.29. The minimum Gasteiger partial charge on any atom is -0.335 e. The number of rotatable bonds is 1. The molecule has 4 rings (SSSR count). The highest BCUT2D eigenvalue weighted by Crippen LogP contribution is 2.29. The predicted molar refractivity (Wildman–Crippen MR) is 72.5 cm³/mol. The highest BCUT2D eigenvalue weighted by Gasteiger charge is 2.10. The molecule has 3 aromatic heterocycles. The Labute approximate surface area is 106 Å². The molecule has 0 aliphatic carbocycles. The third-order valence-corrected chi connectivity index (χ3v) is 3.82. The highest BCUT2D eigenvalue weighted by molar-refractivity contribution is 7.21. The maximum Gasteiger partial charge on any atom is 0.167 e. The van der Waals surface area contributed by atoms with Gasteiger partial charge in [-0.1, -0.05) is 12.1 Å². The Hall–Kier alpha value is -2.27. The van der Waals surface area contributed by atoms with Crippen LogP contribution in [0.2, 0.25) is 0 Å². The number of para-hydroxylation sites is 1. The SMILES string of the molecule is c1ccc2sc(-c3nc4ccncc4[nH]3)nc2c1. The number of aromatic amines is 1. The van der Waals surface area contributed by atoms with Crippen molar-refractivity contribution in [1.82, 2.24) is 19.9 Å². The molecule has 4 nitrogen and oxygen atoms in total. The van der Waals surface area contributed by atoms with Crippen molar-refractivity contribution in [2.75, 3.05) is 0 Å². The molecule has 0 spiro atoms. The number of aromatic nitrogens is 4. The Morgan fingerprint density at radius 1 is 1.00 bits per heavy atom. The van der Waals surface area contributed by atoms with Crippen molar-refractivity contribution in [3.63, 3.8) is 0 Å². The number of nitrogens with zero attached hydrogens (tertiary/aromatic N) is 3. The number of thiazole rings is 1. The van der Waals surface area contributed by atoms with Gasteiger partial charge in [-0.2, -0.15) is 0 Å². The molecule has 1 aromatic carbocycles. The average molecular weight is 252 g/mol. The Morgan fingerprint density at radius 3 is 2.83 bits per heavy atom. The van der Waals surface area contributed by atoms with E-state index < -0.39 is 0 Å². The zero-order valence-corrected chi connectivity index (χ0v) is 10.1. The number of imidazole rings is 1. The van der Waals surface area contributed by atoms with Gasteiger partial charge in [0, 0.05) is 6.20 Å². The molecule has 18 heavy (non-hydrogen) atoms. The summed E-state index contributed by atoms with van der Waals surface area (Å²) in [6, 6.07) is 9.99. The van der Waals surface area contributed by atoms with Crippen LogP contribution < -0.4 is 0 Å². The molecule has 0 amide bonds. The monoisotopic (exact) mass is 252 g/mol. The lowest BCUT2D eigenvalue weighted by Crippen LogP contribution is -1.77. The van der Waals surface area contributed by atoms with Crippen LogP contribution in [0.3, 0.4) is 0 Å². The number of hydrogen-bond donors (Lipinski definition) is 1. The van der Waals surface area contributed by atoms with Gasteiger partial charge in [0.05, 0.1) is 27.4 Å². The van der Waals surface area contributed by atoms with E-state index >= 15 is 0 Å². The van der Waals surface area contributed by atoms with E-state index in [-0.39, 0.29) is 0 Å². The van der Waals surface area contributed by atoms with Gasteiger partial charge in [0.2, 0.25) is 0 Å². The molecule has 0 aliphatic heterocycles. The molecule has 0 radical (unpaired) electrons. The number of benzene rings is 1. The van der Waals surface area contributed by atoms with E-state index in [0.29, 0.717) is 0 Å². The Kier molecular flexibility index (Phi) is 1.95. The quantitative estimate of drug-likeness (QED) is 0.566. The molecule has 0 atom stereocenters. The molecule has 0 aliphatic rings. The Bertz CT molecular complexity index is 708. The summed E-state index contributed by atoms with van der Waals surface area (Å²) in [5, 5.41) is 0.910. The molecular weight excluding hydrogens is 244 g/mol. The van der Waals surface area contributed by atoms with Gasteiger partial charge in [-0.15, -0.1) is 11.3 Å². The van der Waals surface area contributed by atoms with Crippen LogP contribution in [0.4, 0.5) is 0 Å². The van der Waals surface area contributed by atoms with Crippen LogP contribution in [0, 0.1) is 0 Å². The normalized spacial score (nSPS) is 11.3. The Morgan fingerprint density at radius 2 is 1.94 bits per heavy atom. The van der Waals surface area contributed by atoms with Crippen LogP contribution in [-0.4, -0.2) is 19.9 Å². The second-order valence-corrected chi connectivity index (χ2v) is 5.00. The number of H-pyrrole nitrogens is 1. The van der Waals surface area contributed by atoms with Gasteiger partial charge in [0.25, 0.3) is 0 Å². The van der Waals surface area contributed by atoms with Crippen molar-refractivity contribution in [2.24, 2.45) is 0 Å². The third kappa shape index (κ3) is 1.41. The van der Waals surface area contributed by atoms with Crippen molar-refractivity contribution >= 4 is 32.6 Å². The van der Waals surface area contributed by atoms with E-state index in [9.17, 15) is 0 Å². The molecule has 0 saturated heterocycles. The first-order chi connectivity index (χ1) is 8.90. The molecule has 0 saturated carbocycles. The van der Waals surface area contributed by atoms with Crippen LogP contribution in [0.1, 0.15) is 0 Å². The second kappa shape index (κ2) is 3.61. The van der Waals surface area contributed by atoms with Crippen molar-refractivity contribution in [3.8, 4) is 10.8 Å². The van der Waals surface area contributed by atoms with E-state index in [0.717, 1.165) is 27.4 Å².